The summed E-state index contributed by atoms with van der Waals surface area (Å²) >= 11 is 0. The van der Waals surface area contributed by atoms with Gasteiger partial charge >= 0.3 is 0 Å². The van der Waals surface area contributed by atoms with Crippen molar-refractivity contribution in [3.05, 3.63) is 59.3 Å². The molecule has 0 spiro atoms. The summed E-state index contributed by atoms with van der Waals surface area (Å²) in [5.41, 5.74) is 0.350. The fourth-order valence-electron chi connectivity index (χ4n) is 2.08. The number of benzene rings is 1. The smallest absolute Gasteiger partial charge is 0.194 e. The predicted molar refractivity (Wildman–Crippen MR) is 73.2 cm³/mol. The summed E-state index contributed by atoms with van der Waals surface area (Å²) in [5.74, 6) is -3.01. The van der Waals surface area contributed by atoms with Crippen molar-refractivity contribution < 1.29 is 17.6 Å². The second-order valence-corrected chi connectivity index (χ2v) is 5.00. The van der Waals surface area contributed by atoms with Gasteiger partial charge in [-0.15, -0.1) is 0 Å². The van der Waals surface area contributed by atoms with Gasteiger partial charge in [-0.05, 0) is 43.9 Å². The molecule has 0 aliphatic carbocycles. The molecule has 2 rings (SSSR count). The van der Waals surface area contributed by atoms with Crippen molar-refractivity contribution in [2.75, 3.05) is 20.6 Å². The minimum absolute atomic E-state index is 0.00450. The molecular formula is C15H17F3N2O. The molecular weight excluding hydrogens is 281 g/mol. The highest BCUT2D eigenvalue weighted by atomic mass is 19.2. The van der Waals surface area contributed by atoms with E-state index in [0.29, 0.717) is 12.1 Å². The molecule has 6 heteroatoms. The monoisotopic (exact) mass is 298 g/mol. The molecule has 0 bridgehead atoms. The van der Waals surface area contributed by atoms with Gasteiger partial charge in [-0.25, -0.2) is 13.2 Å². The minimum atomic E-state index is -1.44. The van der Waals surface area contributed by atoms with Gasteiger partial charge in [0, 0.05) is 13.1 Å². The van der Waals surface area contributed by atoms with Crippen LogP contribution in [0.5, 0.6) is 0 Å². The summed E-state index contributed by atoms with van der Waals surface area (Å²) in [7, 11) is 3.82. The van der Waals surface area contributed by atoms with Crippen molar-refractivity contribution in [2.24, 2.45) is 0 Å². The summed E-state index contributed by atoms with van der Waals surface area (Å²) in [4.78, 5) is 1.97. The highest BCUT2D eigenvalue weighted by Gasteiger charge is 2.16. The van der Waals surface area contributed by atoms with E-state index in [1.165, 1.54) is 0 Å². The normalized spacial score (nSPS) is 12.9. The lowest BCUT2D eigenvalue weighted by atomic mass is 10.1. The molecule has 0 radical (unpaired) electrons. The van der Waals surface area contributed by atoms with Gasteiger partial charge in [0.2, 0.25) is 0 Å². The minimum Gasteiger partial charge on any atom is -0.468 e. The van der Waals surface area contributed by atoms with Crippen molar-refractivity contribution in [2.45, 2.75) is 12.6 Å². The van der Waals surface area contributed by atoms with Crippen molar-refractivity contribution >= 4 is 0 Å². The van der Waals surface area contributed by atoms with Gasteiger partial charge in [0.05, 0.1) is 12.3 Å². The summed E-state index contributed by atoms with van der Waals surface area (Å²) in [5, 5.41) is 3.09. The largest absolute Gasteiger partial charge is 0.468 e. The Morgan fingerprint density at radius 2 is 1.86 bits per heavy atom. The Morgan fingerprint density at radius 3 is 2.38 bits per heavy atom. The van der Waals surface area contributed by atoms with Crippen LogP contribution < -0.4 is 5.32 Å². The molecule has 1 atom stereocenters. The maximum absolute atomic E-state index is 13.1. The first-order valence-electron chi connectivity index (χ1n) is 6.53. The van der Waals surface area contributed by atoms with Crippen molar-refractivity contribution in [3.8, 4) is 0 Å². The van der Waals surface area contributed by atoms with E-state index in [9.17, 15) is 13.2 Å². The van der Waals surface area contributed by atoms with E-state index in [1.54, 1.807) is 12.3 Å². The van der Waals surface area contributed by atoms with Crippen LogP contribution in [-0.4, -0.2) is 25.5 Å². The van der Waals surface area contributed by atoms with Gasteiger partial charge in [-0.3, -0.25) is 4.90 Å². The zero-order valence-corrected chi connectivity index (χ0v) is 11.9. The standard InChI is InChI=1S/C15H17F3N2O/c1-20(2)13(14-4-3-5-21-14)9-19-8-10-6-11(16)15(18)12(17)7-10/h3-7,13,19H,8-9H2,1-2H3/t13-/m1/s1. The fourth-order valence-corrected chi connectivity index (χ4v) is 2.08. The first-order valence-corrected chi connectivity index (χ1v) is 6.53. The number of halogens is 3. The summed E-state index contributed by atoms with van der Waals surface area (Å²) in [6.45, 7) is 0.764. The second kappa shape index (κ2) is 6.78. The number of nitrogens with one attached hydrogen (secondary N) is 1. The Hall–Kier alpha value is -1.79. The third-order valence-corrected chi connectivity index (χ3v) is 3.21. The Labute approximate surface area is 121 Å². The zero-order chi connectivity index (χ0) is 15.4. The van der Waals surface area contributed by atoms with Crippen molar-refractivity contribution in [1.29, 1.82) is 0 Å². The topological polar surface area (TPSA) is 28.4 Å². The van der Waals surface area contributed by atoms with Gasteiger partial charge in [0.25, 0.3) is 0 Å². The highest BCUT2D eigenvalue weighted by molar-refractivity contribution is 5.19. The lowest BCUT2D eigenvalue weighted by Crippen LogP contribution is -2.30. The SMILES string of the molecule is CN(C)[C@H](CNCc1cc(F)c(F)c(F)c1)c1ccco1. The molecule has 0 aliphatic rings. The molecule has 0 fully saturated rings. The average molecular weight is 298 g/mol. The maximum Gasteiger partial charge on any atom is 0.194 e. The third-order valence-electron chi connectivity index (χ3n) is 3.21. The molecule has 1 N–H and O–H groups in total. The summed E-state index contributed by atoms with van der Waals surface area (Å²) in [6.07, 6.45) is 1.59. The third kappa shape index (κ3) is 3.86. The number of furan rings is 1. The molecule has 1 heterocycles. The number of hydrogen-bond donors (Lipinski definition) is 1. The van der Waals surface area contributed by atoms with Crippen molar-refractivity contribution in [1.82, 2.24) is 10.2 Å². The molecule has 0 unspecified atom stereocenters. The fraction of sp³-hybridized carbons (Fsp3) is 0.333. The second-order valence-electron chi connectivity index (χ2n) is 5.00. The quantitative estimate of drug-likeness (QED) is 0.831. The molecule has 0 aliphatic heterocycles. The van der Waals surface area contributed by atoms with Gasteiger partial charge in [-0.2, -0.15) is 0 Å². The van der Waals surface area contributed by atoms with Crippen LogP contribution in [0.2, 0.25) is 0 Å². The van der Waals surface area contributed by atoms with E-state index < -0.39 is 17.5 Å². The van der Waals surface area contributed by atoms with E-state index in [1.807, 2.05) is 25.1 Å². The Morgan fingerprint density at radius 1 is 1.19 bits per heavy atom. The highest BCUT2D eigenvalue weighted by Crippen LogP contribution is 2.18. The Kier molecular flexibility index (Phi) is 5.03. The molecule has 0 amide bonds. The van der Waals surface area contributed by atoms with Gasteiger partial charge in [0.15, 0.2) is 17.5 Å². The van der Waals surface area contributed by atoms with Crippen LogP contribution in [0.15, 0.2) is 34.9 Å². The molecule has 0 saturated heterocycles. The van der Waals surface area contributed by atoms with Crippen LogP contribution in [0.3, 0.4) is 0 Å². The van der Waals surface area contributed by atoms with E-state index in [2.05, 4.69) is 5.32 Å². The van der Waals surface area contributed by atoms with Crippen LogP contribution in [-0.2, 0) is 6.54 Å². The Bertz CT molecular complexity index is 562. The summed E-state index contributed by atoms with van der Waals surface area (Å²) < 4.78 is 44.4. The number of likely N-dealkylation sites (N-methyl/N-ethyl adjacent to an activating group) is 1. The summed E-state index contributed by atoms with van der Waals surface area (Å²) in [6, 6.07) is 5.64. The number of rotatable bonds is 6. The first-order chi connectivity index (χ1) is 9.99. The van der Waals surface area contributed by atoms with Crippen molar-refractivity contribution in [3.63, 3.8) is 0 Å². The first kappa shape index (κ1) is 15.6. The molecule has 1 aromatic heterocycles. The lowest BCUT2D eigenvalue weighted by molar-refractivity contribution is 0.250. The van der Waals surface area contributed by atoms with Crippen LogP contribution in [0.1, 0.15) is 17.4 Å². The van der Waals surface area contributed by atoms with E-state index >= 15 is 0 Å². The van der Waals surface area contributed by atoms with Crippen LogP contribution in [0, 0.1) is 17.5 Å². The van der Waals surface area contributed by atoms with E-state index in [0.717, 1.165) is 17.9 Å². The molecule has 3 nitrogen and oxygen atoms in total. The molecule has 2 aromatic rings. The maximum atomic E-state index is 13.1. The van der Waals surface area contributed by atoms with Crippen LogP contribution >= 0.6 is 0 Å². The zero-order valence-electron chi connectivity index (χ0n) is 11.9. The van der Waals surface area contributed by atoms with Crippen LogP contribution in [0.4, 0.5) is 13.2 Å². The average Bonchev–Trinajstić information content (AvgIpc) is 2.94. The van der Waals surface area contributed by atoms with Gasteiger partial charge < -0.3 is 9.73 Å². The van der Waals surface area contributed by atoms with E-state index in [-0.39, 0.29) is 12.6 Å². The molecule has 1 aromatic carbocycles. The number of nitrogens with zero attached hydrogens (tertiary/aromatic N) is 1. The Balaban J connectivity index is 1.97. The van der Waals surface area contributed by atoms with Crippen LogP contribution in [0.25, 0.3) is 0 Å². The lowest BCUT2D eigenvalue weighted by Gasteiger charge is -2.22. The molecule has 114 valence electrons. The predicted octanol–water partition coefficient (Wildman–Crippen LogP) is 3.09. The van der Waals surface area contributed by atoms with Gasteiger partial charge in [0.1, 0.15) is 5.76 Å². The van der Waals surface area contributed by atoms with E-state index in [4.69, 9.17) is 4.42 Å². The molecule has 0 saturated carbocycles. The number of hydrogen-bond acceptors (Lipinski definition) is 3. The van der Waals surface area contributed by atoms with Gasteiger partial charge in [-0.1, -0.05) is 0 Å². The molecule has 21 heavy (non-hydrogen) atoms.